The van der Waals surface area contributed by atoms with Gasteiger partial charge >= 0.3 is 0 Å². The van der Waals surface area contributed by atoms with Gasteiger partial charge in [0.2, 0.25) is 0 Å². The second-order valence-corrected chi connectivity index (χ2v) is 10.9. The van der Waals surface area contributed by atoms with Crippen molar-refractivity contribution in [3.05, 3.63) is 51.7 Å². The minimum absolute atomic E-state index is 0.0394. The highest BCUT2D eigenvalue weighted by atomic mass is 35.5. The fourth-order valence-electron chi connectivity index (χ4n) is 2.94. The summed E-state index contributed by atoms with van der Waals surface area (Å²) in [6, 6.07) is 12.9. The molecule has 5 nitrogen and oxygen atoms in total. The van der Waals surface area contributed by atoms with Crippen LogP contribution in [0.2, 0.25) is 4.34 Å². The van der Waals surface area contributed by atoms with Crippen molar-refractivity contribution in [1.82, 2.24) is 9.21 Å². The van der Waals surface area contributed by atoms with Crippen LogP contribution in [-0.2, 0) is 10.0 Å². The van der Waals surface area contributed by atoms with Crippen LogP contribution in [-0.4, -0.2) is 49.7 Å². The van der Waals surface area contributed by atoms with E-state index in [9.17, 15) is 13.2 Å². The number of carbonyl (C=O) groups excluding carboxylic acids is 1. The third kappa shape index (κ3) is 3.27. The molecular formula is C17H15ClN2O3S3. The molecular weight excluding hydrogens is 412 g/mol. The summed E-state index contributed by atoms with van der Waals surface area (Å²) < 4.78 is 28.5. The molecule has 0 radical (unpaired) electrons. The standard InChI is InChI=1S/C17H15ClN2O3S3/c18-15-5-6-16(25-15)26(22,23)20-9-7-19(8-10-20)17(21)14-11-12-3-1-2-4-13(12)24-14/h1-6,11H,7-10H2. The Hall–Kier alpha value is -1.45. The van der Waals surface area contributed by atoms with E-state index in [-0.39, 0.29) is 23.2 Å². The third-order valence-corrected chi connectivity index (χ3v) is 9.01. The zero-order valence-electron chi connectivity index (χ0n) is 13.6. The average molecular weight is 427 g/mol. The lowest BCUT2D eigenvalue weighted by molar-refractivity contribution is 0.0703. The van der Waals surface area contributed by atoms with E-state index < -0.39 is 10.0 Å². The summed E-state index contributed by atoms with van der Waals surface area (Å²) in [6.45, 7) is 1.33. The zero-order chi connectivity index (χ0) is 18.3. The van der Waals surface area contributed by atoms with Crippen molar-refractivity contribution in [2.75, 3.05) is 26.2 Å². The lowest BCUT2D eigenvalue weighted by Crippen LogP contribution is -2.50. The van der Waals surface area contributed by atoms with E-state index in [1.54, 1.807) is 11.0 Å². The molecule has 4 rings (SSSR count). The molecule has 136 valence electrons. The Morgan fingerprint density at radius 2 is 1.73 bits per heavy atom. The number of sulfonamides is 1. The molecule has 0 unspecified atom stereocenters. The number of thiophene rings is 2. The molecule has 2 aromatic heterocycles. The molecule has 3 heterocycles. The number of amides is 1. The molecule has 1 aliphatic heterocycles. The van der Waals surface area contributed by atoms with Crippen LogP contribution in [0.25, 0.3) is 10.1 Å². The van der Waals surface area contributed by atoms with Gasteiger partial charge in [0.1, 0.15) is 4.21 Å². The molecule has 3 aromatic rings. The Bertz CT molecular complexity index is 1030. The van der Waals surface area contributed by atoms with E-state index in [0.717, 1.165) is 21.4 Å². The predicted octanol–water partition coefficient (Wildman–Crippen LogP) is 3.76. The molecule has 0 aliphatic carbocycles. The largest absolute Gasteiger partial charge is 0.335 e. The smallest absolute Gasteiger partial charge is 0.264 e. The first-order valence-electron chi connectivity index (χ1n) is 7.98. The van der Waals surface area contributed by atoms with Gasteiger partial charge in [-0.25, -0.2) is 8.42 Å². The SMILES string of the molecule is O=C(c1cc2ccccc2s1)N1CCN(S(=O)(=O)c2ccc(Cl)s2)CC1. The highest BCUT2D eigenvalue weighted by Crippen LogP contribution is 2.30. The first-order chi connectivity index (χ1) is 12.4. The third-order valence-electron chi connectivity index (χ3n) is 4.30. The number of hydrogen-bond donors (Lipinski definition) is 0. The summed E-state index contributed by atoms with van der Waals surface area (Å²) >= 11 is 8.38. The predicted molar refractivity (Wildman–Crippen MR) is 106 cm³/mol. The number of nitrogens with zero attached hydrogens (tertiary/aromatic N) is 2. The number of carbonyl (C=O) groups is 1. The molecule has 1 amide bonds. The van der Waals surface area contributed by atoms with Gasteiger partial charge in [0.15, 0.2) is 0 Å². The second kappa shape index (κ2) is 6.94. The van der Waals surface area contributed by atoms with E-state index in [0.29, 0.717) is 22.3 Å². The maximum absolute atomic E-state index is 12.8. The van der Waals surface area contributed by atoms with Crippen LogP contribution in [0.4, 0.5) is 0 Å². The Balaban J connectivity index is 1.47. The van der Waals surface area contributed by atoms with Crippen molar-refractivity contribution >= 4 is 60.3 Å². The van der Waals surface area contributed by atoms with Crippen LogP contribution >= 0.6 is 34.3 Å². The Morgan fingerprint density at radius 3 is 2.38 bits per heavy atom. The summed E-state index contributed by atoms with van der Waals surface area (Å²) in [5, 5.41) is 1.05. The Kier molecular flexibility index (Phi) is 4.79. The highest BCUT2D eigenvalue weighted by molar-refractivity contribution is 7.91. The first-order valence-corrected chi connectivity index (χ1v) is 11.4. The zero-order valence-corrected chi connectivity index (χ0v) is 16.8. The summed E-state index contributed by atoms with van der Waals surface area (Å²) in [5.74, 6) is -0.0394. The van der Waals surface area contributed by atoms with Gasteiger partial charge in [0.25, 0.3) is 15.9 Å². The number of halogens is 1. The fourth-order valence-corrected chi connectivity index (χ4v) is 7.03. The fraction of sp³-hybridized carbons (Fsp3) is 0.235. The highest BCUT2D eigenvalue weighted by Gasteiger charge is 2.31. The molecule has 9 heteroatoms. The van der Waals surface area contributed by atoms with Crippen LogP contribution in [0.1, 0.15) is 9.67 Å². The van der Waals surface area contributed by atoms with E-state index in [4.69, 9.17) is 11.6 Å². The van der Waals surface area contributed by atoms with Gasteiger partial charge in [-0.05, 0) is 29.7 Å². The van der Waals surface area contributed by atoms with Crippen molar-refractivity contribution in [1.29, 1.82) is 0 Å². The lowest BCUT2D eigenvalue weighted by Gasteiger charge is -2.33. The molecule has 1 saturated heterocycles. The first kappa shape index (κ1) is 17.9. The number of rotatable bonds is 3. The van der Waals surface area contributed by atoms with Gasteiger partial charge in [-0.3, -0.25) is 4.79 Å². The monoisotopic (exact) mass is 426 g/mol. The average Bonchev–Trinajstić information content (AvgIpc) is 3.27. The van der Waals surface area contributed by atoms with E-state index in [1.807, 2.05) is 30.3 Å². The number of benzene rings is 1. The van der Waals surface area contributed by atoms with Gasteiger partial charge in [-0.1, -0.05) is 29.8 Å². The maximum Gasteiger partial charge on any atom is 0.264 e. The van der Waals surface area contributed by atoms with Gasteiger partial charge in [0, 0.05) is 30.9 Å². The maximum atomic E-state index is 12.8. The van der Waals surface area contributed by atoms with Crippen molar-refractivity contribution < 1.29 is 13.2 Å². The number of piperazine rings is 1. The molecule has 0 atom stereocenters. The van der Waals surface area contributed by atoms with Crippen molar-refractivity contribution in [2.24, 2.45) is 0 Å². The lowest BCUT2D eigenvalue weighted by atomic mass is 10.2. The van der Waals surface area contributed by atoms with Crippen LogP contribution in [0, 0.1) is 0 Å². The van der Waals surface area contributed by atoms with Crippen LogP contribution in [0.15, 0.2) is 46.7 Å². The van der Waals surface area contributed by atoms with Crippen LogP contribution < -0.4 is 0 Å². The number of hydrogen-bond acceptors (Lipinski definition) is 5. The van der Waals surface area contributed by atoms with E-state index in [2.05, 4.69) is 0 Å². The molecule has 1 fully saturated rings. The second-order valence-electron chi connectivity index (χ2n) is 5.90. The Morgan fingerprint density at radius 1 is 1.00 bits per heavy atom. The normalized spacial score (nSPS) is 16.3. The van der Waals surface area contributed by atoms with E-state index in [1.165, 1.54) is 21.7 Å². The van der Waals surface area contributed by atoms with Crippen LogP contribution in [0.5, 0.6) is 0 Å². The summed E-state index contributed by atoms with van der Waals surface area (Å²) in [5.41, 5.74) is 0. The summed E-state index contributed by atoms with van der Waals surface area (Å²) in [6.07, 6.45) is 0. The van der Waals surface area contributed by atoms with Gasteiger partial charge < -0.3 is 4.90 Å². The molecule has 1 aliphatic rings. The quantitative estimate of drug-likeness (QED) is 0.640. The molecule has 0 N–H and O–H groups in total. The van der Waals surface area contributed by atoms with Crippen molar-refractivity contribution in [2.45, 2.75) is 4.21 Å². The minimum Gasteiger partial charge on any atom is -0.335 e. The molecule has 0 spiro atoms. The van der Waals surface area contributed by atoms with Crippen LogP contribution in [0.3, 0.4) is 0 Å². The summed E-state index contributed by atoms with van der Waals surface area (Å²) in [4.78, 5) is 15.2. The van der Waals surface area contributed by atoms with Crippen molar-refractivity contribution in [3.63, 3.8) is 0 Å². The molecule has 26 heavy (non-hydrogen) atoms. The van der Waals surface area contributed by atoms with Crippen molar-refractivity contribution in [3.8, 4) is 0 Å². The molecule has 1 aromatic carbocycles. The van der Waals surface area contributed by atoms with Gasteiger partial charge in [-0.15, -0.1) is 22.7 Å². The van der Waals surface area contributed by atoms with E-state index >= 15 is 0 Å². The summed E-state index contributed by atoms with van der Waals surface area (Å²) in [7, 11) is -3.54. The van der Waals surface area contributed by atoms with Gasteiger partial charge in [0.05, 0.1) is 9.21 Å². The molecule has 0 bridgehead atoms. The topological polar surface area (TPSA) is 57.7 Å². The Labute approximate surface area is 164 Å². The minimum atomic E-state index is -3.54. The van der Waals surface area contributed by atoms with Gasteiger partial charge in [-0.2, -0.15) is 4.31 Å². The number of fused-ring (bicyclic) bond motifs is 1. The molecule has 0 saturated carbocycles.